The fourth-order valence-corrected chi connectivity index (χ4v) is 5.66. The first-order chi connectivity index (χ1) is 21.7. The lowest BCUT2D eigenvalue weighted by atomic mass is 9.87. The summed E-state index contributed by atoms with van der Waals surface area (Å²) in [5.41, 5.74) is 6.49. The summed E-state index contributed by atoms with van der Waals surface area (Å²) in [6.07, 6.45) is 11.7. The van der Waals surface area contributed by atoms with E-state index in [-0.39, 0.29) is 17.5 Å². The SMILES string of the molecule is O=C(C1=CC=CC1/C(=N/CC/N=C(/C1=CC=CC1C(=O)c1ccccc1)c1ccccc1)c1ccccc1)c1ccccc1. The quantitative estimate of drug-likeness (QED) is 0.104. The van der Waals surface area contributed by atoms with Gasteiger partial charge >= 0.3 is 0 Å². The van der Waals surface area contributed by atoms with Crippen molar-refractivity contribution in [3.63, 3.8) is 0 Å². The second-order valence-electron chi connectivity index (χ2n) is 10.6. The molecule has 0 aliphatic heterocycles. The summed E-state index contributed by atoms with van der Waals surface area (Å²) < 4.78 is 0. The van der Waals surface area contributed by atoms with E-state index in [9.17, 15) is 9.59 Å². The first-order valence-electron chi connectivity index (χ1n) is 14.9. The van der Waals surface area contributed by atoms with E-state index in [1.165, 1.54) is 0 Å². The summed E-state index contributed by atoms with van der Waals surface area (Å²) in [5, 5.41) is 0. The molecule has 0 aromatic heterocycles. The Morgan fingerprint density at radius 1 is 0.500 bits per heavy atom. The number of hydrogen-bond donors (Lipinski definition) is 0. The van der Waals surface area contributed by atoms with Crippen LogP contribution < -0.4 is 0 Å². The predicted octanol–water partition coefficient (Wildman–Crippen LogP) is 7.96. The Labute approximate surface area is 258 Å². The number of allylic oxidation sites excluding steroid dienone is 8. The van der Waals surface area contributed by atoms with Crippen LogP contribution in [-0.2, 0) is 0 Å². The van der Waals surface area contributed by atoms with Gasteiger partial charge in [0.05, 0.1) is 30.4 Å². The van der Waals surface area contributed by atoms with Crippen molar-refractivity contribution in [1.29, 1.82) is 0 Å². The van der Waals surface area contributed by atoms with E-state index in [4.69, 9.17) is 9.98 Å². The molecule has 2 aliphatic rings. The lowest BCUT2D eigenvalue weighted by molar-refractivity contribution is 0.0963. The molecule has 0 bridgehead atoms. The molecule has 0 saturated heterocycles. The van der Waals surface area contributed by atoms with E-state index in [1.54, 1.807) is 0 Å². The summed E-state index contributed by atoms with van der Waals surface area (Å²) in [7, 11) is 0. The Bertz CT molecular complexity index is 1810. The minimum Gasteiger partial charge on any atom is -0.293 e. The molecule has 0 radical (unpaired) electrons. The lowest BCUT2D eigenvalue weighted by Gasteiger charge is -2.18. The second kappa shape index (κ2) is 13.7. The number of benzene rings is 4. The number of carbonyl (C=O) groups is 2. The van der Waals surface area contributed by atoms with Gasteiger partial charge in [0.2, 0.25) is 0 Å². The molecule has 4 aromatic carbocycles. The molecule has 44 heavy (non-hydrogen) atoms. The molecule has 0 saturated carbocycles. The number of rotatable bonds is 11. The molecule has 0 amide bonds. The third kappa shape index (κ3) is 6.30. The number of aliphatic imine (C=N–C) groups is 2. The first kappa shape index (κ1) is 28.6. The fourth-order valence-electron chi connectivity index (χ4n) is 5.66. The van der Waals surface area contributed by atoms with Crippen LogP contribution in [0.5, 0.6) is 0 Å². The van der Waals surface area contributed by atoms with Crippen LogP contribution in [-0.4, -0.2) is 36.1 Å². The fraction of sp³-hybridized carbons (Fsp3) is 0.100. The van der Waals surface area contributed by atoms with Gasteiger partial charge in [0.1, 0.15) is 0 Å². The molecule has 0 heterocycles. The van der Waals surface area contributed by atoms with Crippen molar-refractivity contribution < 1.29 is 9.59 Å². The van der Waals surface area contributed by atoms with Crippen LogP contribution in [0.3, 0.4) is 0 Å². The van der Waals surface area contributed by atoms with Gasteiger partial charge in [-0.25, -0.2) is 0 Å². The summed E-state index contributed by atoms with van der Waals surface area (Å²) in [5.74, 6) is -0.602. The molecule has 214 valence electrons. The minimum atomic E-state index is -0.403. The molecule has 2 atom stereocenters. The van der Waals surface area contributed by atoms with Gasteiger partial charge in [-0.1, -0.05) is 158 Å². The zero-order valence-electron chi connectivity index (χ0n) is 24.3. The maximum Gasteiger partial charge on any atom is 0.190 e. The maximum absolute atomic E-state index is 13.5. The van der Waals surface area contributed by atoms with Crippen molar-refractivity contribution >= 4 is 23.0 Å². The van der Waals surface area contributed by atoms with E-state index in [1.807, 2.05) is 158 Å². The normalized spacial score (nSPS) is 17.8. The summed E-state index contributed by atoms with van der Waals surface area (Å²) in [4.78, 5) is 37.1. The molecule has 0 fully saturated rings. The van der Waals surface area contributed by atoms with Crippen molar-refractivity contribution in [3.8, 4) is 0 Å². The Balaban J connectivity index is 1.28. The van der Waals surface area contributed by atoms with Crippen molar-refractivity contribution in [1.82, 2.24) is 0 Å². The third-order valence-electron chi connectivity index (χ3n) is 7.80. The van der Waals surface area contributed by atoms with Gasteiger partial charge < -0.3 is 0 Å². The van der Waals surface area contributed by atoms with Crippen molar-refractivity contribution in [2.75, 3.05) is 13.1 Å². The molecule has 0 N–H and O–H groups in total. The molecule has 4 nitrogen and oxygen atoms in total. The number of hydrogen-bond acceptors (Lipinski definition) is 4. The van der Waals surface area contributed by atoms with Gasteiger partial charge in [-0.15, -0.1) is 0 Å². The Morgan fingerprint density at radius 2 is 0.977 bits per heavy atom. The van der Waals surface area contributed by atoms with E-state index in [0.717, 1.165) is 28.1 Å². The predicted molar refractivity (Wildman–Crippen MR) is 179 cm³/mol. The molecule has 4 aromatic rings. The second-order valence-corrected chi connectivity index (χ2v) is 10.6. The van der Waals surface area contributed by atoms with Gasteiger partial charge in [0.25, 0.3) is 0 Å². The van der Waals surface area contributed by atoms with E-state index in [0.29, 0.717) is 29.8 Å². The highest BCUT2D eigenvalue weighted by Crippen LogP contribution is 2.29. The standard InChI is InChI=1S/C40H32N2O2/c43-39(31-19-9-3-10-20-31)35-25-13-23-33(35)37(29-15-5-1-6-16-29)41-27-28-42-38(30-17-7-2-8-18-30)34-24-14-26-36(34)40(44)32-21-11-4-12-22-32/h1-26,33,36H,27-28H2/b41-37+,42-38+. The highest BCUT2D eigenvalue weighted by Gasteiger charge is 2.29. The van der Waals surface area contributed by atoms with Gasteiger partial charge in [0.15, 0.2) is 11.6 Å². The third-order valence-corrected chi connectivity index (χ3v) is 7.80. The molecule has 2 unspecified atom stereocenters. The van der Waals surface area contributed by atoms with E-state index < -0.39 is 5.92 Å². The first-order valence-corrected chi connectivity index (χ1v) is 14.9. The largest absolute Gasteiger partial charge is 0.293 e. The molecular formula is C40H32N2O2. The smallest absolute Gasteiger partial charge is 0.190 e. The Kier molecular flexibility index (Phi) is 8.89. The van der Waals surface area contributed by atoms with Gasteiger partial charge in [0, 0.05) is 22.6 Å². The molecular weight excluding hydrogens is 540 g/mol. The molecule has 2 aliphatic carbocycles. The minimum absolute atomic E-state index is 0.00316. The summed E-state index contributed by atoms with van der Waals surface area (Å²) in [6, 6.07) is 38.8. The Hall–Kier alpha value is -5.48. The van der Waals surface area contributed by atoms with Gasteiger partial charge in [-0.3, -0.25) is 19.6 Å². The average molecular weight is 573 g/mol. The van der Waals surface area contributed by atoms with Gasteiger partial charge in [-0.05, 0) is 16.7 Å². The summed E-state index contributed by atoms with van der Waals surface area (Å²) in [6.45, 7) is 0.849. The van der Waals surface area contributed by atoms with Crippen LogP contribution in [0, 0.1) is 11.8 Å². The molecule has 6 rings (SSSR count). The van der Waals surface area contributed by atoms with Crippen molar-refractivity contribution in [3.05, 3.63) is 191 Å². The average Bonchev–Trinajstić information content (AvgIpc) is 3.78. The van der Waals surface area contributed by atoms with Crippen LogP contribution in [0.25, 0.3) is 0 Å². The van der Waals surface area contributed by atoms with Crippen LogP contribution in [0.15, 0.2) is 179 Å². The van der Waals surface area contributed by atoms with Crippen LogP contribution in [0.1, 0.15) is 31.8 Å². The number of Topliss-reactive ketones (excluding diaryl/α,β-unsaturated/α-hetero) is 2. The van der Waals surface area contributed by atoms with Gasteiger partial charge in [-0.2, -0.15) is 0 Å². The highest BCUT2D eigenvalue weighted by atomic mass is 16.1. The highest BCUT2D eigenvalue weighted by molar-refractivity contribution is 6.19. The molecule has 0 spiro atoms. The van der Waals surface area contributed by atoms with Crippen molar-refractivity contribution in [2.24, 2.45) is 21.8 Å². The number of carbonyl (C=O) groups excluding carboxylic acids is 2. The monoisotopic (exact) mass is 572 g/mol. The summed E-state index contributed by atoms with van der Waals surface area (Å²) >= 11 is 0. The lowest BCUT2D eigenvalue weighted by Crippen LogP contribution is -2.21. The van der Waals surface area contributed by atoms with Crippen LogP contribution in [0.2, 0.25) is 0 Å². The zero-order valence-corrected chi connectivity index (χ0v) is 24.3. The molecule has 4 heteroatoms. The number of ketones is 2. The van der Waals surface area contributed by atoms with Crippen molar-refractivity contribution in [2.45, 2.75) is 0 Å². The topological polar surface area (TPSA) is 58.9 Å². The van der Waals surface area contributed by atoms with E-state index >= 15 is 0 Å². The zero-order chi connectivity index (χ0) is 30.1. The van der Waals surface area contributed by atoms with Crippen LogP contribution in [0.4, 0.5) is 0 Å². The Morgan fingerprint density at radius 3 is 1.59 bits per heavy atom. The number of nitrogens with zero attached hydrogens (tertiary/aromatic N) is 2. The maximum atomic E-state index is 13.5. The van der Waals surface area contributed by atoms with Crippen LogP contribution >= 0.6 is 0 Å². The van der Waals surface area contributed by atoms with E-state index in [2.05, 4.69) is 0 Å².